The first-order valence-electron chi connectivity index (χ1n) is 6.47. The highest BCUT2D eigenvalue weighted by atomic mass is 32.1. The summed E-state index contributed by atoms with van der Waals surface area (Å²) >= 11 is 1.37. The first-order chi connectivity index (χ1) is 10.1. The summed E-state index contributed by atoms with van der Waals surface area (Å²) in [6.45, 7) is 1.61. The van der Waals surface area contributed by atoms with Crippen LogP contribution in [-0.4, -0.2) is 29.6 Å². The average Bonchev–Trinajstić information content (AvgIpc) is 3.02. The molecule has 0 aliphatic heterocycles. The van der Waals surface area contributed by atoms with Gasteiger partial charge in [-0.2, -0.15) is 0 Å². The number of carbonyl (C=O) groups excluding carboxylic acids is 2. The minimum atomic E-state index is -0.296. The van der Waals surface area contributed by atoms with E-state index < -0.39 is 0 Å². The zero-order valence-corrected chi connectivity index (χ0v) is 12.3. The number of benzene rings is 1. The molecule has 2 amide bonds. The molecule has 0 bridgehead atoms. The van der Waals surface area contributed by atoms with Crippen LogP contribution < -0.4 is 10.6 Å². The number of aliphatic hydroxyl groups excluding tert-OH is 1. The van der Waals surface area contributed by atoms with Crippen molar-refractivity contribution in [1.82, 2.24) is 5.32 Å². The van der Waals surface area contributed by atoms with Crippen LogP contribution in [-0.2, 0) is 0 Å². The Morgan fingerprint density at radius 1 is 1.19 bits per heavy atom. The SMILES string of the molecule is CC(CO)NC(=O)c1ccc(NC(=O)c2cccs2)cc1. The Morgan fingerprint density at radius 2 is 1.90 bits per heavy atom. The Bertz CT molecular complexity index is 608. The Labute approximate surface area is 126 Å². The molecule has 0 radical (unpaired) electrons. The van der Waals surface area contributed by atoms with Gasteiger partial charge >= 0.3 is 0 Å². The lowest BCUT2D eigenvalue weighted by molar-refractivity contribution is 0.0922. The second-order valence-electron chi connectivity index (χ2n) is 4.57. The zero-order valence-electron chi connectivity index (χ0n) is 11.5. The van der Waals surface area contributed by atoms with Crippen molar-refractivity contribution in [3.05, 3.63) is 52.2 Å². The molecule has 0 aliphatic carbocycles. The monoisotopic (exact) mass is 304 g/mol. The lowest BCUT2D eigenvalue weighted by atomic mass is 10.2. The van der Waals surface area contributed by atoms with Gasteiger partial charge in [-0.25, -0.2) is 0 Å². The van der Waals surface area contributed by atoms with Gasteiger partial charge in [0, 0.05) is 17.3 Å². The maximum atomic E-state index is 11.9. The molecule has 3 N–H and O–H groups in total. The van der Waals surface area contributed by atoms with Crippen molar-refractivity contribution in [2.24, 2.45) is 0 Å². The van der Waals surface area contributed by atoms with Crippen LogP contribution in [0, 0.1) is 0 Å². The van der Waals surface area contributed by atoms with Crippen molar-refractivity contribution >= 4 is 28.8 Å². The first kappa shape index (κ1) is 15.2. The molecule has 5 nitrogen and oxygen atoms in total. The molecule has 1 unspecified atom stereocenters. The van der Waals surface area contributed by atoms with E-state index in [1.165, 1.54) is 11.3 Å². The predicted molar refractivity (Wildman–Crippen MR) is 82.7 cm³/mol. The number of aliphatic hydroxyl groups is 1. The summed E-state index contributed by atoms with van der Waals surface area (Å²) in [4.78, 5) is 24.3. The molecule has 0 fully saturated rings. The van der Waals surface area contributed by atoms with Gasteiger partial charge in [-0.3, -0.25) is 9.59 Å². The molecule has 1 heterocycles. The van der Waals surface area contributed by atoms with E-state index in [1.807, 2.05) is 11.4 Å². The van der Waals surface area contributed by atoms with Gasteiger partial charge in [-0.05, 0) is 42.6 Å². The largest absolute Gasteiger partial charge is 0.394 e. The third-order valence-electron chi connectivity index (χ3n) is 2.80. The molecule has 1 aromatic carbocycles. The summed E-state index contributed by atoms with van der Waals surface area (Å²) < 4.78 is 0. The number of hydrogen-bond donors (Lipinski definition) is 3. The van der Waals surface area contributed by atoms with E-state index in [0.29, 0.717) is 16.1 Å². The molecule has 6 heteroatoms. The van der Waals surface area contributed by atoms with E-state index in [4.69, 9.17) is 5.11 Å². The average molecular weight is 304 g/mol. The summed E-state index contributed by atoms with van der Waals surface area (Å²) in [6, 6.07) is 9.87. The quantitative estimate of drug-likeness (QED) is 0.791. The molecule has 2 aromatic rings. The summed E-state index contributed by atoms with van der Waals surface area (Å²) in [5.41, 5.74) is 1.10. The minimum absolute atomic E-state index is 0.110. The number of nitrogens with one attached hydrogen (secondary N) is 2. The van der Waals surface area contributed by atoms with Gasteiger partial charge in [0.05, 0.1) is 11.5 Å². The van der Waals surface area contributed by atoms with Crippen LogP contribution in [0.2, 0.25) is 0 Å². The van der Waals surface area contributed by atoms with Crippen molar-refractivity contribution in [2.75, 3.05) is 11.9 Å². The van der Waals surface area contributed by atoms with E-state index >= 15 is 0 Å². The normalized spacial score (nSPS) is 11.7. The topological polar surface area (TPSA) is 78.4 Å². The second kappa shape index (κ2) is 7.01. The summed E-state index contributed by atoms with van der Waals surface area (Å²) in [7, 11) is 0. The van der Waals surface area contributed by atoms with E-state index in [1.54, 1.807) is 37.3 Å². The van der Waals surface area contributed by atoms with Crippen molar-refractivity contribution < 1.29 is 14.7 Å². The standard InChI is InChI=1S/C15H16N2O3S/c1-10(9-18)16-14(19)11-4-6-12(7-5-11)17-15(20)13-3-2-8-21-13/h2-8,10,18H,9H2,1H3,(H,16,19)(H,17,20). The van der Waals surface area contributed by atoms with Gasteiger partial charge in [-0.1, -0.05) is 6.07 Å². The van der Waals surface area contributed by atoms with E-state index in [2.05, 4.69) is 10.6 Å². The van der Waals surface area contributed by atoms with Crippen molar-refractivity contribution in [1.29, 1.82) is 0 Å². The number of anilines is 1. The number of rotatable bonds is 5. The predicted octanol–water partition coefficient (Wildman–Crippen LogP) is 2.11. The third kappa shape index (κ3) is 4.14. The van der Waals surface area contributed by atoms with E-state index in [9.17, 15) is 9.59 Å². The lowest BCUT2D eigenvalue weighted by Crippen LogP contribution is -2.34. The van der Waals surface area contributed by atoms with E-state index in [-0.39, 0.29) is 24.5 Å². The Kier molecular flexibility index (Phi) is 5.08. The fourth-order valence-electron chi connectivity index (χ4n) is 1.66. The molecule has 2 rings (SSSR count). The smallest absolute Gasteiger partial charge is 0.265 e. The number of amides is 2. The van der Waals surface area contributed by atoms with Crippen LogP contribution in [0.25, 0.3) is 0 Å². The summed E-state index contributed by atoms with van der Waals surface area (Å²) in [5, 5.41) is 16.2. The molecule has 110 valence electrons. The second-order valence-corrected chi connectivity index (χ2v) is 5.51. The molecule has 21 heavy (non-hydrogen) atoms. The number of hydrogen-bond acceptors (Lipinski definition) is 4. The highest BCUT2D eigenvalue weighted by Crippen LogP contribution is 2.14. The van der Waals surface area contributed by atoms with Crippen LogP contribution in [0.15, 0.2) is 41.8 Å². The first-order valence-corrected chi connectivity index (χ1v) is 7.34. The molecule has 0 saturated carbocycles. The Morgan fingerprint density at radius 3 is 2.48 bits per heavy atom. The third-order valence-corrected chi connectivity index (χ3v) is 3.67. The van der Waals surface area contributed by atoms with Crippen LogP contribution in [0.1, 0.15) is 27.0 Å². The lowest BCUT2D eigenvalue weighted by Gasteiger charge is -2.11. The van der Waals surface area contributed by atoms with Crippen molar-refractivity contribution in [3.63, 3.8) is 0 Å². The molecular formula is C15H16N2O3S. The fourth-order valence-corrected chi connectivity index (χ4v) is 2.28. The highest BCUT2D eigenvalue weighted by Gasteiger charge is 2.10. The highest BCUT2D eigenvalue weighted by molar-refractivity contribution is 7.12. The van der Waals surface area contributed by atoms with Crippen LogP contribution in [0.4, 0.5) is 5.69 Å². The van der Waals surface area contributed by atoms with Gasteiger partial charge in [0.2, 0.25) is 0 Å². The van der Waals surface area contributed by atoms with E-state index in [0.717, 1.165) is 0 Å². The maximum Gasteiger partial charge on any atom is 0.265 e. The molecule has 0 aliphatic rings. The summed E-state index contributed by atoms with van der Waals surface area (Å²) in [6.07, 6.45) is 0. The van der Waals surface area contributed by atoms with Crippen molar-refractivity contribution in [3.8, 4) is 0 Å². The van der Waals surface area contributed by atoms with Gasteiger partial charge in [-0.15, -0.1) is 11.3 Å². The minimum Gasteiger partial charge on any atom is -0.394 e. The van der Waals surface area contributed by atoms with Gasteiger partial charge in [0.1, 0.15) is 0 Å². The van der Waals surface area contributed by atoms with Crippen molar-refractivity contribution in [2.45, 2.75) is 13.0 Å². The number of carbonyl (C=O) groups is 2. The molecule has 0 saturated heterocycles. The van der Waals surface area contributed by atoms with Gasteiger partial charge in [0.15, 0.2) is 0 Å². The van der Waals surface area contributed by atoms with Crippen LogP contribution in [0.3, 0.4) is 0 Å². The number of thiophene rings is 1. The van der Waals surface area contributed by atoms with Crippen LogP contribution in [0.5, 0.6) is 0 Å². The molecule has 1 atom stereocenters. The fraction of sp³-hybridized carbons (Fsp3) is 0.200. The van der Waals surface area contributed by atoms with Gasteiger partial charge < -0.3 is 15.7 Å². The Hall–Kier alpha value is -2.18. The summed E-state index contributed by atoms with van der Waals surface area (Å²) in [5.74, 6) is -0.427. The molecular weight excluding hydrogens is 288 g/mol. The maximum absolute atomic E-state index is 11.9. The van der Waals surface area contributed by atoms with Crippen LogP contribution >= 0.6 is 11.3 Å². The molecule has 0 spiro atoms. The molecule has 1 aromatic heterocycles. The van der Waals surface area contributed by atoms with Gasteiger partial charge in [0.25, 0.3) is 11.8 Å². The zero-order chi connectivity index (χ0) is 15.2. The Balaban J connectivity index is 1.99.